The molecule has 0 radical (unpaired) electrons. The summed E-state index contributed by atoms with van der Waals surface area (Å²) in [6.45, 7) is 9.18. The Hall–Kier alpha value is -1.11. The summed E-state index contributed by atoms with van der Waals surface area (Å²) in [7, 11) is 0. The van der Waals surface area contributed by atoms with Gasteiger partial charge in [-0.3, -0.25) is 4.79 Å². The van der Waals surface area contributed by atoms with E-state index in [4.69, 9.17) is 43.0 Å². The molecule has 0 aromatic heterocycles. The zero-order valence-corrected chi connectivity index (χ0v) is 28.0. The Bertz CT molecular complexity index is 576. The minimum Gasteiger partial charge on any atom is -0.463 e. The van der Waals surface area contributed by atoms with Crippen LogP contribution >= 0.6 is 0 Å². The first-order valence-corrected chi connectivity index (χ1v) is 17.3. The number of aliphatic hydroxyl groups excluding tert-OH is 1. The largest absolute Gasteiger partial charge is 0.463 e. The summed E-state index contributed by atoms with van der Waals surface area (Å²) >= 11 is 0. The van der Waals surface area contributed by atoms with Gasteiger partial charge in [-0.05, 0) is 32.1 Å². The Kier molecular flexibility index (Phi) is 38.9. The number of unbranched alkanes of at least 4 members (excludes halogenated alkanes) is 11. The van der Waals surface area contributed by atoms with E-state index >= 15 is 0 Å². The molecule has 0 unspecified atom stereocenters. The van der Waals surface area contributed by atoms with Crippen molar-refractivity contribution in [3.8, 4) is 0 Å². The lowest BCUT2D eigenvalue weighted by Gasteiger charge is -2.08. The van der Waals surface area contributed by atoms with Crippen LogP contribution in [0.25, 0.3) is 0 Å². The zero-order valence-electron chi connectivity index (χ0n) is 28.0. The van der Waals surface area contributed by atoms with Crippen molar-refractivity contribution < 1.29 is 47.8 Å². The second kappa shape index (κ2) is 39.9. The molecule has 0 saturated carbocycles. The summed E-state index contributed by atoms with van der Waals surface area (Å²) < 4.78 is 42.9. The van der Waals surface area contributed by atoms with E-state index in [1.165, 1.54) is 70.6 Å². The van der Waals surface area contributed by atoms with Crippen LogP contribution in [0, 0.1) is 0 Å². The smallest absolute Gasteiger partial charge is 0.305 e. The third-order valence-corrected chi connectivity index (χ3v) is 6.60. The maximum absolute atomic E-state index is 11.8. The summed E-state index contributed by atoms with van der Waals surface area (Å²) in [4.78, 5) is 11.8. The number of carbonyl (C=O) groups excluding carboxylic acids is 1. The highest BCUT2D eigenvalue weighted by Gasteiger charge is 2.02. The molecule has 0 aliphatic rings. The molecular formula is C34H66O10. The van der Waals surface area contributed by atoms with Gasteiger partial charge < -0.3 is 43.0 Å². The summed E-state index contributed by atoms with van der Waals surface area (Å²) in [6, 6.07) is 0. The van der Waals surface area contributed by atoms with E-state index in [0.29, 0.717) is 98.9 Å². The van der Waals surface area contributed by atoms with Gasteiger partial charge in [-0.1, -0.05) is 70.4 Å². The van der Waals surface area contributed by atoms with E-state index in [0.717, 1.165) is 12.8 Å². The number of allylic oxidation sites excluding steroid dienone is 2. The summed E-state index contributed by atoms with van der Waals surface area (Å²) in [5.41, 5.74) is 0. The summed E-state index contributed by atoms with van der Waals surface area (Å²) in [5, 5.41) is 8.58. The molecule has 0 saturated heterocycles. The molecule has 0 aromatic carbocycles. The molecule has 0 rings (SSSR count). The van der Waals surface area contributed by atoms with Crippen LogP contribution in [-0.2, 0) is 42.7 Å². The minimum atomic E-state index is -0.140. The predicted molar refractivity (Wildman–Crippen MR) is 173 cm³/mol. The molecule has 1 N–H and O–H groups in total. The van der Waals surface area contributed by atoms with E-state index in [9.17, 15) is 4.79 Å². The van der Waals surface area contributed by atoms with E-state index in [-0.39, 0.29) is 19.2 Å². The second-order valence-electron chi connectivity index (χ2n) is 10.6. The van der Waals surface area contributed by atoms with Crippen molar-refractivity contribution in [1.82, 2.24) is 0 Å². The van der Waals surface area contributed by atoms with Gasteiger partial charge >= 0.3 is 5.97 Å². The number of esters is 1. The fourth-order valence-corrected chi connectivity index (χ4v) is 4.11. The van der Waals surface area contributed by atoms with Gasteiger partial charge in [0.05, 0.1) is 99.1 Å². The normalized spacial score (nSPS) is 11.6. The van der Waals surface area contributed by atoms with Gasteiger partial charge in [0.15, 0.2) is 0 Å². The number of aliphatic hydroxyl groups is 1. The molecular weight excluding hydrogens is 568 g/mol. The summed E-state index contributed by atoms with van der Waals surface area (Å²) in [6.07, 6.45) is 21.4. The monoisotopic (exact) mass is 634 g/mol. The van der Waals surface area contributed by atoms with Gasteiger partial charge in [-0.15, -0.1) is 0 Å². The first-order chi connectivity index (χ1) is 21.8. The lowest BCUT2D eigenvalue weighted by atomic mass is 10.1. The van der Waals surface area contributed by atoms with Crippen LogP contribution in [-0.4, -0.2) is 117 Å². The van der Waals surface area contributed by atoms with Crippen LogP contribution in [0.4, 0.5) is 0 Å². The van der Waals surface area contributed by atoms with Gasteiger partial charge in [0.2, 0.25) is 0 Å². The van der Waals surface area contributed by atoms with Crippen LogP contribution in [0.15, 0.2) is 12.2 Å². The lowest BCUT2D eigenvalue weighted by molar-refractivity contribution is -0.145. The molecule has 0 spiro atoms. The van der Waals surface area contributed by atoms with Crippen molar-refractivity contribution in [3.63, 3.8) is 0 Å². The number of carbonyl (C=O) groups is 1. The van der Waals surface area contributed by atoms with Crippen molar-refractivity contribution in [2.45, 2.75) is 96.8 Å². The first-order valence-electron chi connectivity index (χ1n) is 17.3. The Morgan fingerprint density at radius 1 is 0.455 bits per heavy atom. The molecule has 0 heterocycles. The van der Waals surface area contributed by atoms with Crippen LogP contribution in [0.1, 0.15) is 96.8 Å². The zero-order chi connectivity index (χ0) is 31.9. The summed E-state index contributed by atoms with van der Waals surface area (Å²) in [5.74, 6) is -0.140. The first kappa shape index (κ1) is 42.9. The van der Waals surface area contributed by atoms with Crippen LogP contribution < -0.4 is 0 Å². The molecule has 0 bridgehead atoms. The fraction of sp³-hybridized carbons (Fsp3) is 0.912. The van der Waals surface area contributed by atoms with Crippen LogP contribution in [0.2, 0.25) is 0 Å². The van der Waals surface area contributed by atoms with Crippen molar-refractivity contribution in [2.24, 2.45) is 0 Å². The maximum Gasteiger partial charge on any atom is 0.305 e. The molecule has 0 aliphatic carbocycles. The predicted octanol–water partition coefficient (Wildman–Crippen LogP) is 5.68. The fourth-order valence-electron chi connectivity index (χ4n) is 4.11. The number of rotatable bonds is 38. The maximum atomic E-state index is 11.8. The Labute approximate surface area is 268 Å². The van der Waals surface area contributed by atoms with Crippen molar-refractivity contribution in [2.75, 3.05) is 106 Å². The van der Waals surface area contributed by atoms with Gasteiger partial charge in [-0.25, -0.2) is 0 Å². The Balaban J connectivity index is 3.17. The van der Waals surface area contributed by atoms with Crippen LogP contribution in [0.3, 0.4) is 0 Å². The second-order valence-corrected chi connectivity index (χ2v) is 10.6. The van der Waals surface area contributed by atoms with E-state index < -0.39 is 0 Å². The number of hydrogen-bond donors (Lipinski definition) is 1. The van der Waals surface area contributed by atoms with E-state index in [1.807, 2.05) is 0 Å². The molecule has 0 fully saturated rings. The highest BCUT2D eigenvalue weighted by atomic mass is 16.6. The Morgan fingerprint density at radius 2 is 0.795 bits per heavy atom. The average Bonchev–Trinajstić information content (AvgIpc) is 3.03. The number of hydrogen-bond acceptors (Lipinski definition) is 10. The quantitative estimate of drug-likeness (QED) is 0.0518. The highest BCUT2D eigenvalue weighted by molar-refractivity contribution is 5.69. The molecule has 0 atom stereocenters. The van der Waals surface area contributed by atoms with Gasteiger partial charge in [-0.2, -0.15) is 0 Å². The van der Waals surface area contributed by atoms with E-state index in [2.05, 4.69) is 19.1 Å². The van der Waals surface area contributed by atoms with Gasteiger partial charge in [0, 0.05) is 6.42 Å². The molecule has 0 aliphatic heterocycles. The SMILES string of the molecule is CCCCCCCC/C=C\CCCCCCCC(=O)OCCOCCOCCOCCOCCOCCOCCOCCO. The third-order valence-electron chi connectivity index (χ3n) is 6.60. The van der Waals surface area contributed by atoms with Crippen molar-refractivity contribution in [3.05, 3.63) is 12.2 Å². The topological polar surface area (TPSA) is 111 Å². The third kappa shape index (κ3) is 38.9. The average molecular weight is 635 g/mol. The lowest BCUT2D eigenvalue weighted by Crippen LogP contribution is -2.15. The molecule has 0 aromatic rings. The molecule has 0 amide bonds. The van der Waals surface area contributed by atoms with Crippen molar-refractivity contribution in [1.29, 1.82) is 0 Å². The number of ether oxygens (including phenoxy) is 8. The van der Waals surface area contributed by atoms with E-state index in [1.54, 1.807) is 0 Å². The minimum absolute atomic E-state index is 0.0260. The van der Waals surface area contributed by atoms with Crippen molar-refractivity contribution >= 4 is 5.97 Å². The Morgan fingerprint density at radius 3 is 1.20 bits per heavy atom. The molecule has 262 valence electrons. The highest BCUT2D eigenvalue weighted by Crippen LogP contribution is 2.10. The molecule has 10 heteroatoms. The van der Waals surface area contributed by atoms with Crippen LogP contribution in [0.5, 0.6) is 0 Å². The molecule has 10 nitrogen and oxygen atoms in total. The molecule has 44 heavy (non-hydrogen) atoms. The standard InChI is InChI=1S/C34H66O10/c1-2-3-4-5-6-7-8-9-10-11-12-13-14-15-16-17-34(36)44-33-32-43-31-30-42-29-28-41-27-26-40-25-24-39-23-22-38-21-20-37-19-18-35/h9-10,35H,2-8,11-33H2,1H3/b10-9-. The van der Waals surface area contributed by atoms with Gasteiger partial charge in [0.1, 0.15) is 6.61 Å². The van der Waals surface area contributed by atoms with Gasteiger partial charge in [0.25, 0.3) is 0 Å².